The van der Waals surface area contributed by atoms with Crippen molar-refractivity contribution in [2.75, 3.05) is 11.4 Å². The Morgan fingerprint density at radius 2 is 2.12 bits per heavy atom. The minimum Gasteiger partial charge on any atom is -0.388 e. The lowest BCUT2D eigenvalue weighted by Crippen LogP contribution is -2.31. The predicted octanol–water partition coefficient (Wildman–Crippen LogP) is 3.27. The van der Waals surface area contributed by atoms with Crippen LogP contribution in [0.1, 0.15) is 36.6 Å². The van der Waals surface area contributed by atoms with Crippen molar-refractivity contribution in [3.63, 3.8) is 0 Å². The van der Waals surface area contributed by atoms with Crippen LogP contribution in [-0.4, -0.2) is 32.3 Å². The third kappa shape index (κ3) is 3.09. The van der Waals surface area contributed by atoms with Crippen molar-refractivity contribution in [1.29, 1.82) is 0 Å². The number of halogens is 1. The van der Waals surface area contributed by atoms with Gasteiger partial charge in [0.1, 0.15) is 11.3 Å². The lowest BCUT2D eigenvalue weighted by Gasteiger charge is -2.28. The van der Waals surface area contributed by atoms with Gasteiger partial charge in [-0.15, -0.1) is 0 Å². The Bertz CT molecular complexity index is 877. The Morgan fingerprint density at radius 1 is 1.32 bits per heavy atom. The van der Waals surface area contributed by atoms with Crippen molar-refractivity contribution in [1.82, 2.24) is 14.6 Å². The molecule has 3 aromatic rings. The third-order valence-electron chi connectivity index (χ3n) is 4.89. The van der Waals surface area contributed by atoms with Crippen molar-refractivity contribution in [2.24, 2.45) is 0 Å². The molecular weight excluding hydrogens is 319 g/mol. The number of aliphatic hydroxyl groups is 1. The first-order valence-electron chi connectivity index (χ1n) is 8.63. The molecule has 1 aromatic carbocycles. The first-order chi connectivity index (χ1) is 12.1. The standard InChI is InChI=1S/C19H21FN4O/c1-13-11-17-19(21-8-10-24(17)22-13)23-9-2-3-16(23)12-18(25)14-4-6-15(20)7-5-14/h4-8,10-11,16,18,25H,2-3,9,12H2,1H3/t16-,18+/m0/s1. The van der Waals surface area contributed by atoms with Crippen LogP contribution < -0.4 is 4.90 Å². The first-order valence-corrected chi connectivity index (χ1v) is 8.63. The van der Waals surface area contributed by atoms with E-state index in [1.165, 1.54) is 12.1 Å². The molecule has 2 aromatic heterocycles. The average Bonchev–Trinajstić information content (AvgIpc) is 3.20. The van der Waals surface area contributed by atoms with Crippen molar-refractivity contribution in [3.8, 4) is 0 Å². The molecule has 0 saturated carbocycles. The van der Waals surface area contributed by atoms with E-state index in [0.29, 0.717) is 6.42 Å². The molecule has 1 N–H and O–H groups in total. The zero-order valence-electron chi connectivity index (χ0n) is 14.1. The van der Waals surface area contributed by atoms with Crippen LogP contribution in [0.3, 0.4) is 0 Å². The molecule has 0 bridgehead atoms. The van der Waals surface area contributed by atoms with Crippen molar-refractivity contribution in [3.05, 3.63) is 59.8 Å². The summed E-state index contributed by atoms with van der Waals surface area (Å²) in [6.45, 7) is 2.88. The number of aryl methyl sites for hydroxylation is 1. The highest BCUT2D eigenvalue weighted by atomic mass is 19.1. The highest BCUT2D eigenvalue weighted by Gasteiger charge is 2.29. The van der Waals surface area contributed by atoms with E-state index in [9.17, 15) is 9.50 Å². The van der Waals surface area contributed by atoms with Crippen LogP contribution in [0.2, 0.25) is 0 Å². The maximum absolute atomic E-state index is 13.1. The molecule has 4 rings (SSSR count). The quantitative estimate of drug-likeness (QED) is 0.792. The maximum Gasteiger partial charge on any atom is 0.154 e. The summed E-state index contributed by atoms with van der Waals surface area (Å²) in [4.78, 5) is 6.85. The molecule has 1 saturated heterocycles. The SMILES string of the molecule is Cc1cc2c(N3CCC[C@H]3C[C@@H](O)c3ccc(F)cc3)nccn2n1. The number of anilines is 1. The monoisotopic (exact) mass is 340 g/mol. The summed E-state index contributed by atoms with van der Waals surface area (Å²) in [6.07, 6.45) is 5.68. The molecule has 0 spiro atoms. The topological polar surface area (TPSA) is 53.7 Å². The van der Waals surface area contributed by atoms with Gasteiger partial charge in [-0.2, -0.15) is 5.10 Å². The van der Waals surface area contributed by atoms with Gasteiger partial charge in [-0.3, -0.25) is 0 Å². The molecule has 0 unspecified atom stereocenters. The molecule has 2 atom stereocenters. The van der Waals surface area contributed by atoms with Gasteiger partial charge in [0.2, 0.25) is 0 Å². The fourth-order valence-electron chi connectivity index (χ4n) is 3.69. The number of aromatic nitrogens is 3. The molecule has 130 valence electrons. The number of benzene rings is 1. The largest absolute Gasteiger partial charge is 0.388 e. The van der Waals surface area contributed by atoms with E-state index in [1.807, 2.05) is 23.7 Å². The summed E-state index contributed by atoms with van der Waals surface area (Å²) in [7, 11) is 0. The second-order valence-corrected chi connectivity index (χ2v) is 6.66. The normalized spacial score (nSPS) is 18.8. The van der Waals surface area contributed by atoms with Gasteiger partial charge in [0.25, 0.3) is 0 Å². The Hall–Kier alpha value is -2.47. The van der Waals surface area contributed by atoms with E-state index < -0.39 is 6.10 Å². The van der Waals surface area contributed by atoms with Gasteiger partial charge >= 0.3 is 0 Å². The Morgan fingerprint density at radius 3 is 2.92 bits per heavy atom. The van der Waals surface area contributed by atoms with E-state index in [0.717, 1.165) is 42.0 Å². The minimum atomic E-state index is -0.613. The van der Waals surface area contributed by atoms with Gasteiger partial charge < -0.3 is 10.0 Å². The lowest BCUT2D eigenvalue weighted by atomic mass is 10.0. The van der Waals surface area contributed by atoms with Crippen LogP contribution >= 0.6 is 0 Å². The Kier molecular flexibility index (Phi) is 4.13. The van der Waals surface area contributed by atoms with Gasteiger partial charge in [-0.25, -0.2) is 13.9 Å². The summed E-state index contributed by atoms with van der Waals surface area (Å²) in [5.41, 5.74) is 2.69. The number of nitrogens with zero attached hydrogens (tertiary/aromatic N) is 4. The second kappa shape index (κ2) is 6.44. The number of hydrogen-bond acceptors (Lipinski definition) is 4. The van der Waals surface area contributed by atoms with Crippen molar-refractivity contribution < 1.29 is 9.50 Å². The Balaban J connectivity index is 1.58. The highest BCUT2D eigenvalue weighted by Crippen LogP contribution is 2.32. The fourth-order valence-corrected chi connectivity index (χ4v) is 3.69. The summed E-state index contributed by atoms with van der Waals surface area (Å²) < 4.78 is 14.9. The van der Waals surface area contributed by atoms with Crippen LogP contribution in [0.15, 0.2) is 42.7 Å². The summed E-state index contributed by atoms with van der Waals surface area (Å²) >= 11 is 0. The van der Waals surface area contributed by atoms with Gasteiger partial charge in [-0.1, -0.05) is 12.1 Å². The minimum absolute atomic E-state index is 0.203. The molecular formula is C19H21FN4O. The molecule has 0 amide bonds. The Labute approximate surface area is 145 Å². The molecule has 1 aliphatic rings. The number of rotatable bonds is 4. The second-order valence-electron chi connectivity index (χ2n) is 6.66. The van der Waals surface area contributed by atoms with Crippen LogP contribution in [0.25, 0.3) is 5.52 Å². The number of fused-ring (bicyclic) bond motifs is 1. The van der Waals surface area contributed by atoms with E-state index >= 15 is 0 Å². The predicted molar refractivity (Wildman–Crippen MR) is 94.1 cm³/mol. The zero-order chi connectivity index (χ0) is 17.4. The third-order valence-corrected chi connectivity index (χ3v) is 4.89. The molecule has 6 heteroatoms. The molecule has 0 aliphatic carbocycles. The van der Waals surface area contributed by atoms with Crippen LogP contribution in [0.5, 0.6) is 0 Å². The van der Waals surface area contributed by atoms with Crippen LogP contribution in [0, 0.1) is 12.7 Å². The van der Waals surface area contributed by atoms with E-state index in [2.05, 4.69) is 15.0 Å². The maximum atomic E-state index is 13.1. The summed E-state index contributed by atoms with van der Waals surface area (Å²) in [5.74, 6) is 0.627. The highest BCUT2D eigenvalue weighted by molar-refractivity contribution is 5.69. The van der Waals surface area contributed by atoms with Gasteiger partial charge in [-0.05, 0) is 49.9 Å². The van der Waals surface area contributed by atoms with Gasteiger partial charge in [0.05, 0.1) is 11.8 Å². The lowest BCUT2D eigenvalue weighted by molar-refractivity contribution is 0.158. The van der Waals surface area contributed by atoms with E-state index in [1.54, 1.807) is 18.3 Å². The van der Waals surface area contributed by atoms with E-state index in [-0.39, 0.29) is 11.9 Å². The molecule has 1 fully saturated rings. The number of aliphatic hydroxyl groups excluding tert-OH is 1. The molecule has 3 heterocycles. The summed E-state index contributed by atoms with van der Waals surface area (Å²) in [5, 5.41) is 15.0. The molecule has 25 heavy (non-hydrogen) atoms. The zero-order valence-corrected chi connectivity index (χ0v) is 14.1. The van der Waals surface area contributed by atoms with Gasteiger partial charge in [0, 0.05) is 25.0 Å². The van der Waals surface area contributed by atoms with E-state index in [4.69, 9.17) is 0 Å². The average molecular weight is 340 g/mol. The molecule has 5 nitrogen and oxygen atoms in total. The first kappa shape index (κ1) is 16.0. The molecule has 0 radical (unpaired) electrons. The van der Waals surface area contributed by atoms with Crippen molar-refractivity contribution in [2.45, 2.75) is 38.3 Å². The smallest absolute Gasteiger partial charge is 0.154 e. The number of hydrogen-bond donors (Lipinski definition) is 1. The van der Waals surface area contributed by atoms with Gasteiger partial charge in [0.15, 0.2) is 5.82 Å². The van der Waals surface area contributed by atoms with Crippen molar-refractivity contribution >= 4 is 11.3 Å². The fraction of sp³-hybridized carbons (Fsp3) is 0.368. The van der Waals surface area contributed by atoms with Crippen LogP contribution in [0.4, 0.5) is 10.2 Å². The molecule has 1 aliphatic heterocycles. The summed E-state index contributed by atoms with van der Waals surface area (Å²) in [6, 6.07) is 8.32. The van der Waals surface area contributed by atoms with Crippen LogP contribution in [-0.2, 0) is 0 Å².